The Labute approximate surface area is 147 Å². The van der Waals surface area contributed by atoms with Gasteiger partial charge in [-0.25, -0.2) is 9.67 Å². The lowest BCUT2D eigenvalue weighted by atomic mass is 10.2. The molecule has 1 amide bonds. The van der Waals surface area contributed by atoms with Crippen LogP contribution in [0, 0.1) is 28.4 Å². The fourth-order valence-corrected chi connectivity index (χ4v) is 2.32. The Kier molecular flexibility index (Phi) is 4.40. The van der Waals surface area contributed by atoms with Gasteiger partial charge in [-0.1, -0.05) is 0 Å². The second-order valence-corrected chi connectivity index (χ2v) is 5.35. The maximum Gasteiger partial charge on any atom is 0.269 e. The van der Waals surface area contributed by atoms with Crippen molar-refractivity contribution in [1.82, 2.24) is 14.8 Å². The lowest BCUT2D eigenvalue weighted by Crippen LogP contribution is -2.15. The van der Waals surface area contributed by atoms with E-state index in [1.807, 2.05) is 6.07 Å². The molecule has 0 unspecified atom stereocenters. The van der Waals surface area contributed by atoms with Crippen LogP contribution in [-0.4, -0.2) is 25.6 Å². The number of non-ortho nitro benzene ring substituents is 1. The standard InChI is InChI=1S/C17H12N6O3/c1-11-8-16(20-17(24)12-6-7-19-13(9-12)10-18)22(21-11)14-2-4-15(5-3-14)23(25)26/h2-9H,1H3,(H,20,24). The van der Waals surface area contributed by atoms with Gasteiger partial charge in [0.15, 0.2) is 0 Å². The van der Waals surface area contributed by atoms with E-state index in [4.69, 9.17) is 5.26 Å². The molecule has 0 spiro atoms. The van der Waals surface area contributed by atoms with E-state index in [0.717, 1.165) is 0 Å². The van der Waals surface area contributed by atoms with Gasteiger partial charge in [0.2, 0.25) is 0 Å². The second-order valence-electron chi connectivity index (χ2n) is 5.35. The quantitative estimate of drug-likeness (QED) is 0.570. The molecule has 0 saturated carbocycles. The van der Waals surface area contributed by atoms with Gasteiger partial charge in [-0.15, -0.1) is 0 Å². The predicted molar refractivity (Wildman–Crippen MR) is 91.9 cm³/mol. The number of nitrogens with one attached hydrogen (secondary N) is 1. The lowest BCUT2D eigenvalue weighted by molar-refractivity contribution is -0.384. The number of pyridine rings is 1. The molecule has 9 nitrogen and oxygen atoms in total. The average molecular weight is 348 g/mol. The molecule has 1 N–H and O–H groups in total. The molecular formula is C17H12N6O3. The first-order chi connectivity index (χ1) is 12.5. The number of nitro groups is 1. The van der Waals surface area contributed by atoms with Crippen molar-refractivity contribution in [1.29, 1.82) is 5.26 Å². The third-order valence-electron chi connectivity index (χ3n) is 3.51. The van der Waals surface area contributed by atoms with Crippen LogP contribution in [0.25, 0.3) is 5.69 Å². The zero-order valence-corrected chi connectivity index (χ0v) is 13.6. The van der Waals surface area contributed by atoms with E-state index in [9.17, 15) is 14.9 Å². The zero-order valence-electron chi connectivity index (χ0n) is 13.6. The molecule has 0 bridgehead atoms. The van der Waals surface area contributed by atoms with Gasteiger partial charge < -0.3 is 5.32 Å². The van der Waals surface area contributed by atoms with E-state index in [-0.39, 0.29) is 16.9 Å². The highest BCUT2D eigenvalue weighted by Gasteiger charge is 2.14. The molecule has 0 saturated heterocycles. The highest BCUT2D eigenvalue weighted by molar-refractivity contribution is 6.04. The monoisotopic (exact) mass is 348 g/mol. The molecule has 26 heavy (non-hydrogen) atoms. The number of hydrogen-bond donors (Lipinski definition) is 1. The Balaban J connectivity index is 1.90. The highest BCUT2D eigenvalue weighted by Crippen LogP contribution is 2.20. The molecule has 0 aliphatic rings. The summed E-state index contributed by atoms with van der Waals surface area (Å²) >= 11 is 0. The van der Waals surface area contributed by atoms with E-state index in [2.05, 4.69) is 15.4 Å². The number of nitriles is 1. The molecule has 0 atom stereocenters. The summed E-state index contributed by atoms with van der Waals surface area (Å²) in [5, 5.41) is 26.7. The molecule has 0 fully saturated rings. The maximum atomic E-state index is 12.4. The van der Waals surface area contributed by atoms with E-state index < -0.39 is 10.8 Å². The summed E-state index contributed by atoms with van der Waals surface area (Å²) in [5.41, 5.74) is 1.60. The van der Waals surface area contributed by atoms with Crippen molar-refractivity contribution in [3.05, 3.63) is 75.7 Å². The van der Waals surface area contributed by atoms with Gasteiger partial charge in [-0.05, 0) is 31.2 Å². The molecule has 3 rings (SSSR count). The summed E-state index contributed by atoms with van der Waals surface area (Å²) in [5.74, 6) is -0.0244. The number of nitro benzene ring substituents is 1. The summed E-state index contributed by atoms with van der Waals surface area (Å²) in [6.45, 7) is 1.76. The van der Waals surface area contributed by atoms with E-state index >= 15 is 0 Å². The van der Waals surface area contributed by atoms with Crippen molar-refractivity contribution in [2.75, 3.05) is 5.32 Å². The van der Waals surface area contributed by atoms with Gasteiger partial charge in [0.1, 0.15) is 17.6 Å². The van der Waals surface area contributed by atoms with Crippen molar-refractivity contribution in [3.63, 3.8) is 0 Å². The van der Waals surface area contributed by atoms with E-state index in [1.165, 1.54) is 35.1 Å². The SMILES string of the molecule is Cc1cc(NC(=O)c2ccnc(C#N)c2)n(-c2ccc([N+](=O)[O-])cc2)n1. The van der Waals surface area contributed by atoms with Crippen LogP contribution in [-0.2, 0) is 0 Å². The molecule has 2 aromatic heterocycles. The molecular weight excluding hydrogens is 336 g/mol. The van der Waals surface area contributed by atoms with Crippen molar-refractivity contribution in [2.24, 2.45) is 0 Å². The second kappa shape index (κ2) is 6.82. The van der Waals surface area contributed by atoms with Gasteiger partial charge in [-0.2, -0.15) is 10.4 Å². The van der Waals surface area contributed by atoms with Crippen LogP contribution in [0.5, 0.6) is 0 Å². The number of amides is 1. The Morgan fingerprint density at radius 2 is 2.00 bits per heavy atom. The molecule has 9 heteroatoms. The van der Waals surface area contributed by atoms with Gasteiger partial charge >= 0.3 is 0 Å². The summed E-state index contributed by atoms with van der Waals surface area (Å²) in [7, 11) is 0. The van der Waals surface area contributed by atoms with Crippen molar-refractivity contribution < 1.29 is 9.72 Å². The number of carbonyl (C=O) groups is 1. The topological polar surface area (TPSA) is 127 Å². The van der Waals surface area contributed by atoms with Crippen LogP contribution < -0.4 is 5.32 Å². The lowest BCUT2D eigenvalue weighted by Gasteiger charge is -2.09. The number of anilines is 1. The zero-order chi connectivity index (χ0) is 18.7. The van der Waals surface area contributed by atoms with Crippen LogP contribution in [0.3, 0.4) is 0 Å². The van der Waals surface area contributed by atoms with Gasteiger partial charge in [0.05, 0.1) is 16.3 Å². The number of hydrogen-bond acceptors (Lipinski definition) is 6. The number of rotatable bonds is 4. The Morgan fingerprint density at radius 1 is 1.27 bits per heavy atom. The summed E-state index contributed by atoms with van der Waals surface area (Å²) in [6, 6.07) is 12.2. The van der Waals surface area contributed by atoms with Crippen molar-refractivity contribution in [2.45, 2.75) is 6.92 Å². The van der Waals surface area contributed by atoms with Crippen LogP contribution >= 0.6 is 0 Å². The Morgan fingerprint density at radius 3 is 2.65 bits per heavy atom. The Bertz CT molecular complexity index is 1030. The molecule has 0 aliphatic carbocycles. The first-order valence-electron chi connectivity index (χ1n) is 7.47. The predicted octanol–water partition coefficient (Wildman–Crippen LogP) is 2.61. The van der Waals surface area contributed by atoms with Crippen LogP contribution in [0.1, 0.15) is 21.7 Å². The first-order valence-corrected chi connectivity index (χ1v) is 7.47. The smallest absolute Gasteiger partial charge is 0.269 e. The molecule has 128 valence electrons. The number of carbonyl (C=O) groups excluding carboxylic acids is 1. The van der Waals surface area contributed by atoms with Crippen LogP contribution in [0.2, 0.25) is 0 Å². The Hall–Kier alpha value is -4.06. The minimum absolute atomic E-state index is 0.0379. The van der Waals surface area contributed by atoms with E-state index in [1.54, 1.807) is 25.1 Å². The summed E-state index contributed by atoms with van der Waals surface area (Å²) in [4.78, 5) is 26.5. The number of aryl methyl sites for hydroxylation is 1. The van der Waals surface area contributed by atoms with Crippen LogP contribution in [0.15, 0.2) is 48.7 Å². The molecule has 1 aromatic carbocycles. The largest absolute Gasteiger partial charge is 0.306 e. The van der Waals surface area contributed by atoms with Crippen molar-refractivity contribution in [3.8, 4) is 11.8 Å². The number of aromatic nitrogens is 3. The third-order valence-corrected chi connectivity index (χ3v) is 3.51. The molecule has 0 radical (unpaired) electrons. The van der Waals surface area contributed by atoms with E-state index in [0.29, 0.717) is 17.2 Å². The third kappa shape index (κ3) is 3.39. The normalized spacial score (nSPS) is 10.2. The van der Waals surface area contributed by atoms with Gasteiger partial charge in [-0.3, -0.25) is 14.9 Å². The minimum Gasteiger partial charge on any atom is -0.306 e. The molecule has 2 heterocycles. The summed E-state index contributed by atoms with van der Waals surface area (Å²) < 4.78 is 1.48. The first kappa shape index (κ1) is 16.8. The fraction of sp³-hybridized carbons (Fsp3) is 0.0588. The average Bonchev–Trinajstić information content (AvgIpc) is 3.02. The number of nitrogens with zero attached hydrogens (tertiary/aromatic N) is 5. The minimum atomic E-state index is -0.489. The van der Waals surface area contributed by atoms with Gasteiger partial charge in [0.25, 0.3) is 11.6 Å². The number of benzene rings is 1. The van der Waals surface area contributed by atoms with Gasteiger partial charge in [0, 0.05) is 30.0 Å². The fourth-order valence-electron chi connectivity index (χ4n) is 2.32. The summed E-state index contributed by atoms with van der Waals surface area (Å²) in [6.07, 6.45) is 1.38. The maximum absolute atomic E-state index is 12.4. The highest BCUT2D eigenvalue weighted by atomic mass is 16.6. The molecule has 0 aliphatic heterocycles. The molecule has 3 aromatic rings. The van der Waals surface area contributed by atoms with Crippen LogP contribution in [0.4, 0.5) is 11.5 Å². The van der Waals surface area contributed by atoms with Crippen molar-refractivity contribution >= 4 is 17.4 Å².